The number of hydrogen-bond donors (Lipinski definition) is 1. The molecule has 1 aliphatic rings. The van der Waals surface area contributed by atoms with Crippen molar-refractivity contribution in [2.45, 2.75) is 71.6 Å². The van der Waals surface area contributed by atoms with Gasteiger partial charge in [-0.05, 0) is 72.1 Å². The van der Waals surface area contributed by atoms with Crippen molar-refractivity contribution in [3.63, 3.8) is 0 Å². The van der Waals surface area contributed by atoms with Crippen LogP contribution in [0.25, 0.3) is 5.65 Å². The normalized spacial score (nSPS) is 17.7. The Morgan fingerprint density at radius 1 is 1.23 bits per heavy atom. The molecule has 0 aliphatic carbocycles. The number of pyridine rings is 2. The Morgan fingerprint density at radius 3 is 2.70 bits per heavy atom. The highest BCUT2D eigenvalue weighted by Gasteiger charge is 2.26. The summed E-state index contributed by atoms with van der Waals surface area (Å²) >= 11 is 0. The number of nitrogens with zero attached hydrogens (tertiary/aromatic N) is 7. The number of rotatable bonds is 6. The maximum atomic E-state index is 12.6. The first-order valence-electron chi connectivity index (χ1n) is 13.4. The minimum Gasteiger partial charge on any atom is -0.469 e. The summed E-state index contributed by atoms with van der Waals surface area (Å²) in [5, 5.41) is 13.7. The van der Waals surface area contributed by atoms with Gasteiger partial charge in [0.1, 0.15) is 34.8 Å². The number of carbonyl (C=O) groups excluding carboxylic acids is 1. The van der Waals surface area contributed by atoms with Crippen LogP contribution in [0.4, 0.5) is 4.79 Å². The first kappa shape index (κ1) is 28.5. The summed E-state index contributed by atoms with van der Waals surface area (Å²) in [5.41, 5.74) is 2.90. The Morgan fingerprint density at radius 2 is 2.02 bits per heavy atom. The van der Waals surface area contributed by atoms with Gasteiger partial charge in [-0.25, -0.2) is 9.78 Å². The predicted molar refractivity (Wildman–Crippen MR) is 152 cm³/mol. The van der Waals surface area contributed by atoms with E-state index in [0.29, 0.717) is 53.7 Å². The number of amides is 1. The van der Waals surface area contributed by atoms with Crippen molar-refractivity contribution in [1.29, 1.82) is 5.26 Å². The van der Waals surface area contributed by atoms with Crippen LogP contribution in [-0.2, 0) is 4.74 Å². The van der Waals surface area contributed by atoms with Crippen molar-refractivity contribution in [3.05, 3.63) is 59.7 Å². The number of aliphatic imine (C=N–C) groups is 1. The van der Waals surface area contributed by atoms with E-state index in [1.165, 1.54) is 6.20 Å². The third-order valence-corrected chi connectivity index (χ3v) is 6.56. The van der Waals surface area contributed by atoms with Crippen LogP contribution in [0.2, 0.25) is 0 Å². The summed E-state index contributed by atoms with van der Waals surface area (Å²) in [4.78, 5) is 28.0. The molecule has 210 valence electrons. The van der Waals surface area contributed by atoms with Crippen molar-refractivity contribution in [1.82, 2.24) is 19.3 Å². The van der Waals surface area contributed by atoms with Crippen molar-refractivity contribution in [2.75, 3.05) is 13.1 Å². The van der Waals surface area contributed by atoms with Gasteiger partial charge in [0, 0.05) is 30.9 Å². The second-order valence-electron chi connectivity index (χ2n) is 10.8. The Kier molecular flexibility index (Phi) is 8.67. The number of hydrogen-bond acceptors (Lipinski definition) is 9. The Balaban J connectivity index is 1.59. The summed E-state index contributed by atoms with van der Waals surface area (Å²) in [6.07, 6.45) is 4.87. The average molecular weight is 545 g/mol. The quantitative estimate of drug-likeness (QED) is 0.270. The van der Waals surface area contributed by atoms with E-state index in [0.717, 1.165) is 18.5 Å². The fourth-order valence-electron chi connectivity index (χ4n) is 4.67. The zero-order valence-corrected chi connectivity index (χ0v) is 23.7. The fourth-order valence-corrected chi connectivity index (χ4v) is 4.67. The van der Waals surface area contributed by atoms with Gasteiger partial charge in [0.25, 0.3) is 0 Å². The predicted octanol–water partition coefficient (Wildman–Crippen LogP) is 4.65. The second-order valence-corrected chi connectivity index (χ2v) is 10.8. The molecule has 0 saturated carbocycles. The first-order valence-corrected chi connectivity index (χ1v) is 13.4. The lowest BCUT2D eigenvalue weighted by atomic mass is 10.1. The number of aromatic nitrogens is 3. The van der Waals surface area contributed by atoms with Crippen LogP contribution in [0.3, 0.4) is 0 Å². The van der Waals surface area contributed by atoms with Crippen molar-refractivity contribution in [2.24, 2.45) is 15.9 Å². The van der Waals surface area contributed by atoms with Gasteiger partial charge in [0.2, 0.25) is 5.88 Å². The molecule has 0 spiro atoms. The van der Waals surface area contributed by atoms with Crippen molar-refractivity contribution in [3.8, 4) is 11.9 Å². The molecule has 0 bridgehead atoms. The molecule has 11 heteroatoms. The number of carbonyl (C=O) groups is 1. The molecule has 1 saturated heterocycles. The Hall–Kier alpha value is -4.46. The van der Waals surface area contributed by atoms with Gasteiger partial charge < -0.3 is 20.2 Å². The van der Waals surface area contributed by atoms with Gasteiger partial charge in [-0.2, -0.15) is 10.4 Å². The highest BCUT2D eigenvalue weighted by atomic mass is 16.6. The van der Waals surface area contributed by atoms with Crippen LogP contribution in [0.5, 0.6) is 5.88 Å². The maximum absolute atomic E-state index is 12.6. The number of hydrazone groups is 1. The molecule has 2 N–H and O–H groups in total. The molecule has 11 nitrogen and oxygen atoms in total. The molecular weight excluding hydrogens is 508 g/mol. The van der Waals surface area contributed by atoms with Crippen LogP contribution in [0.15, 0.2) is 52.8 Å². The van der Waals surface area contributed by atoms with Gasteiger partial charge in [0.15, 0.2) is 0 Å². The topological polar surface area (TPSA) is 143 Å². The number of ether oxygens (including phenoxy) is 2. The highest BCUT2D eigenvalue weighted by Crippen LogP contribution is 2.26. The largest absolute Gasteiger partial charge is 0.469 e. The molecule has 4 heterocycles. The van der Waals surface area contributed by atoms with Crippen LogP contribution in [-0.4, -0.2) is 61.5 Å². The van der Waals surface area contributed by atoms with Crippen LogP contribution in [0.1, 0.15) is 76.9 Å². The summed E-state index contributed by atoms with van der Waals surface area (Å²) < 4.78 is 13.5. The Labute approximate surface area is 234 Å². The molecule has 1 amide bonds. The van der Waals surface area contributed by atoms with E-state index in [-0.39, 0.29) is 18.2 Å². The van der Waals surface area contributed by atoms with Gasteiger partial charge in [-0.3, -0.25) is 14.4 Å². The van der Waals surface area contributed by atoms with E-state index in [1.807, 2.05) is 52.8 Å². The molecule has 3 aromatic rings. The van der Waals surface area contributed by atoms with E-state index in [4.69, 9.17) is 20.3 Å². The monoisotopic (exact) mass is 544 g/mol. The highest BCUT2D eigenvalue weighted by molar-refractivity contribution is 6.47. The molecule has 0 aromatic carbocycles. The van der Waals surface area contributed by atoms with E-state index in [9.17, 15) is 10.1 Å². The fraction of sp³-hybridized carbons (Fsp3) is 0.448. The lowest BCUT2D eigenvalue weighted by Gasteiger charge is -2.26. The van der Waals surface area contributed by atoms with Crippen LogP contribution < -0.4 is 10.6 Å². The molecule has 40 heavy (non-hydrogen) atoms. The average Bonchev–Trinajstić information content (AvgIpc) is 3.19. The molecule has 0 radical (unpaired) electrons. The SMILES string of the molecule is CC(=NC1CCCN(C(=O)OC(C)(C)C)CC1)/C(=N\N)c1cc(O[C@H](C)c2ccccn2)n2c(C#N)cnc2c1. The number of imidazole rings is 1. The van der Waals surface area contributed by atoms with E-state index >= 15 is 0 Å². The Bertz CT molecular complexity index is 1450. The van der Waals surface area contributed by atoms with Crippen LogP contribution >= 0.6 is 0 Å². The zero-order valence-electron chi connectivity index (χ0n) is 23.7. The summed E-state index contributed by atoms with van der Waals surface area (Å²) in [5.74, 6) is 6.30. The number of likely N-dealkylation sites (tertiary alicyclic amines) is 1. The lowest BCUT2D eigenvalue weighted by Crippen LogP contribution is -2.37. The van der Waals surface area contributed by atoms with Gasteiger partial charge >= 0.3 is 6.09 Å². The molecule has 3 aromatic heterocycles. The maximum Gasteiger partial charge on any atom is 0.410 e. The lowest BCUT2D eigenvalue weighted by molar-refractivity contribution is 0.0256. The minimum absolute atomic E-state index is 0.00410. The third-order valence-electron chi connectivity index (χ3n) is 6.56. The van der Waals surface area contributed by atoms with Crippen molar-refractivity contribution >= 4 is 23.2 Å². The number of nitrogens with two attached hydrogens (primary N) is 1. The number of nitriles is 1. The van der Waals surface area contributed by atoms with E-state index < -0.39 is 5.60 Å². The van der Waals surface area contributed by atoms with Crippen LogP contribution in [0, 0.1) is 11.3 Å². The first-order chi connectivity index (χ1) is 19.1. The molecule has 1 unspecified atom stereocenters. The van der Waals surface area contributed by atoms with Gasteiger partial charge in [0.05, 0.1) is 23.6 Å². The van der Waals surface area contributed by atoms with E-state index in [2.05, 4.69) is 21.1 Å². The summed E-state index contributed by atoms with van der Waals surface area (Å²) in [6.45, 7) is 10.5. The number of fused-ring (bicyclic) bond motifs is 1. The zero-order chi connectivity index (χ0) is 28.9. The molecule has 1 aliphatic heterocycles. The molecule has 2 atom stereocenters. The summed E-state index contributed by atoms with van der Waals surface area (Å²) in [7, 11) is 0. The molecule has 1 fully saturated rings. The second kappa shape index (κ2) is 12.2. The third kappa shape index (κ3) is 6.75. The van der Waals surface area contributed by atoms with Gasteiger partial charge in [-0.1, -0.05) is 6.07 Å². The minimum atomic E-state index is -0.536. The van der Waals surface area contributed by atoms with Gasteiger partial charge in [-0.15, -0.1) is 0 Å². The van der Waals surface area contributed by atoms with E-state index in [1.54, 1.807) is 27.6 Å². The summed E-state index contributed by atoms with van der Waals surface area (Å²) in [6, 6.07) is 11.4. The standard InChI is InChI=1S/C29H36N8O3/c1-19(34-22-9-8-13-36(14-11-22)28(38)40-29(3,4)5)27(35-31)21-15-25-33-18-23(17-30)37(25)26(16-21)39-20(2)24-10-6-7-12-32-24/h6-7,10,12,15-16,18,20,22H,8-9,11,13-14,31H2,1-5H3/b34-19?,35-27+/t20-,22?/m1/s1. The smallest absolute Gasteiger partial charge is 0.410 e. The molecular formula is C29H36N8O3. The molecule has 4 rings (SSSR count). The van der Waals surface area contributed by atoms with Crippen molar-refractivity contribution < 1.29 is 14.3 Å².